The highest BCUT2D eigenvalue weighted by Crippen LogP contribution is 2.45. The Morgan fingerprint density at radius 1 is 0.964 bits per heavy atom. The normalized spacial score (nSPS) is 23.2. The number of anilines is 2. The molecule has 1 saturated carbocycles. The summed E-state index contributed by atoms with van der Waals surface area (Å²) in [5, 5.41) is 3.58. The van der Waals surface area contributed by atoms with Gasteiger partial charge in [-0.05, 0) is 53.8 Å². The van der Waals surface area contributed by atoms with Gasteiger partial charge in [0.1, 0.15) is 0 Å². The fourth-order valence-electron chi connectivity index (χ4n) is 4.49. The SMILES string of the molecule is C=C(C1=CC2CCCCCCC2N=C1)c1ccc2c(c1)Nc1ccccc1S2. The molecule has 1 aliphatic carbocycles. The maximum atomic E-state index is 4.92. The summed E-state index contributed by atoms with van der Waals surface area (Å²) in [5.41, 5.74) is 5.80. The van der Waals surface area contributed by atoms with Crippen LogP contribution in [0.1, 0.15) is 44.1 Å². The maximum absolute atomic E-state index is 4.92. The maximum Gasteiger partial charge on any atom is 0.0562 e. The number of benzene rings is 2. The number of allylic oxidation sites excluding steroid dienone is 2. The van der Waals surface area contributed by atoms with Crippen LogP contribution >= 0.6 is 11.8 Å². The topological polar surface area (TPSA) is 24.4 Å². The average Bonchev–Trinajstić information content (AvgIpc) is 2.71. The Bertz CT molecular complexity index is 972. The summed E-state index contributed by atoms with van der Waals surface area (Å²) in [5.74, 6) is 0.579. The number of nitrogens with one attached hydrogen (secondary N) is 1. The quantitative estimate of drug-likeness (QED) is 0.501. The van der Waals surface area contributed by atoms with Gasteiger partial charge in [0.15, 0.2) is 0 Å². The third-order valence-corrected chi connectivity index (χ3v) is 7.28. The van der Waals surface area contributed by atoms with Gasteiger partial charge in [-0.2, -0.15) is 0 Å². The van der Waals surface area contributed by atoms with Crippen molar-refractivity contribution in [3.63, 3.8) is 0 Å². The largest absolute Gasteiger partial charge is 0.354 e. The molecule has 2 nitrogen and oxygen atoms in total. The van der Waals surface area contributed by atoms with Crippen molar-refractivity contribution in [3.8, 4) is 0 Å². The summed E-state index contributed by atoms with van der Waals surface area (Å²) in [6, 6.07) is 15.6. The molecule has 2 aromatic rings. The van der Waals surface area contributed by atoms with Crippen LogP contribution in [-0.2, 0) is 0 Å². The molecule has 0 spiro atoms. The molecule has 2 aliphatic heterocycles. The number of hydrogen-bond donors (Lipinski definition) is 1. The molecule has 5 rings (SSSR count). The van der Waals surface area contributed by atoms with Crippen LogP contribution in [0.15, 0.2) is 75.5 Å². The van der Waals surface area contributed by atoms with E-state index in [4.69, 9.17) is 4.99 Å². The standard InChI is InChI=1S/C25H26N2S/c1-17(20-14-19-8-4-2-3-5-9-21(19)26-16-20)18-12-13-25-23(15-18)27-22-10-6-7-11-24(22)28-25/h6-7,10-16,19,21,27H,1-5,8-9H2. The minimum Gasteiger partial charge on any atom is -0.354 e. The van der Waals surface area contributed by atoms with E-state index < -0.39 is 0 Å². The third-order valence-electron chi connectivity index (χ3n) is 6.13. The number of dihydropyridines is 1. The lowest BCUT2D eigenvalue weighted by atomic mass is 9.83. The fraction of sp³-hybridized carbons (Fsp3) is 0.320. The van der Waals surface area contributed by atoms with Crippen molar-refractivity contribution < 1.29 is 0 Å². The lowest BCUT2D eigenvalue weighted by molar-refractivity contribution is 0.382. The van der Waals surface area contributed by atoms with Crippen molar-refractivity contribution in [1.82, 2.24) is 0 Å². The number of nitrogens with zero attached hydrogens (tertiary/aromatic N) is 1. The van der Waals surface area contributed by atoms with Crippen molar-refractivity contribution in [2.24, 2.45) is 10.9 Å². The summed E-state index contributed by atoms with van der Waals surface area (Å²) >= 11 is 1.82. The van der Waals surface area contributed by atoms with Gasteiger partial charge in [-0.25, -0.2) is 0 Å². The first kappa shape index (κ1) is 17.8. The highest BCUT2D eigenvalue weighted by atomic mass is 32.2. The Morgan fingerprint density at radius 2 is 1.79 bits per heavy atom. The number of aliphatic imine (C=N–C) groups is 1. The Kier molecular flexibility index (Phi) is 4.86. The van der Waals surface area contributed by atoms with Crippen LogP contribution in [0.25, 0.3) is 5.57 Å². The highest BCUT2D eigenvalue weighted by Gasteiger charge is 2.24. The predicted octanol–water partition coefficient (Wildman–Crippen LogP) is 7.26. The van der Waals surface area contributed by atoms with Gasteiger partial charge < -0.3 is 5.32 Å². The predicted molar refractivity (Wildman–Crippen MR) is 121 cm³/mol. The Labute approximate surface area is 171 Å². The summed E-state index contributed by atoms with van der Waals surface area (Å²) < 4.78 is 0. The molecule has 0 bridgehead atoms. The van der Waals surface area contributed by atoms with Crippen LogP contribution in [0.3, 0.4) is 0 Å². The molecular formula is C25H26N2S. The fourth-order valence-corrected chi connectivity index (χ4v) is 5.46. The molecule has 0 saturated heterocycles. The second-order valence-electron chi connectivity index (χ2n) is 8.04. The minimum absolute atomic E-state index is 0.481. The Morgan fingerprint density at radius 3 is 2.71 bits per heavy atom. The van der Waals surface area contributed by atoms with Crippen LogP contribution in [0, 0.1) is 5.92 Å². The Balaban J connectivity index is 1.39. The smallest absolute Gasteiger partial charge is 0.0562 e. The average molecular weight is 387 g/mol. The van der Waals surface area contributed by atoms with Gasteiger partial charge in [0.05, 0.1) is 17.4 Å². The van der Waals surface area contributed by atoms with Crippen LogP contribution in [0.5, 0.6) is 0 Å². The van der Waals surface area contributed by atoms with Crippen molar-refractivity contribution in [1.29, 1.82) is 0 Å². The molecule has 142 valence electrons. The zero-order valence-electron chi connectivity index (χ0n) is 16.2. The molecule has 0 aromatic heterocycles. The second-order valence-corrected chi connectivity index (χ2v) is 9.12. The van der Waals surface area contributed by atoms with Gasteiger partial charge in [0.2, 0.25) is 0 Å². The molecule has 2 aromatic carbocycles. The molecule has 1 N–H and O–H groups in total. The lowest BCUT2D eigenvalue weighted by Gasteiger charge is -2.28. The Hall–Kier alpha value is -2.26. The lowest BCUT2D eigenvalue weighted by Crippen LogP contribution is -2.22. The van der Waals surface area contributed by atoms with Gasteiger partial charge in [-0.1, -0.05) is 68.3 Å². The van der Waals surface area contributed by atoms with Crippen LogP contribution < -0.4 is 5.32 Å². The number of fused-ring (bicyclic) bond motifs is 3. The number of rotatable bonds is 2. The monoisotopic (exact) mass is 386 g/mol. The van der Waals surface area contributed by atoms with Gasteiger partial charge >= 0.3 is 0 Å². The molecule has 28 heavy (non-hydrogen) atoms. The minimum atomic E-state index is 0.481. The molecule has 1 fully saturated rings. The van der Waals surface area contributed by atoms with Crippen LogP contribution in [0.4, 0.5) is 11.4 Å². The molecule has 0 amide bonds. The van der Waals surface area contributed by atoms with Gasteiger partial charge in [-0.3, -0.25) is 4.99 Å². The van der Waals surface area contributed by atoms with Crippen LogP contribution in [0.2, 0.25) is 0 Å². The molecule has 2 heterocycles. The van der Waals surface area contributed by atoms with Crippen molar-refractivity contribution >= 4 is 34.9 Å². The van der Waals surface area contributed by atoms with Crippen LogP contribution in [-0.4, -0.2) is 12.3 Å². The zero-order chi connectivity index (χ0) is 18.9. The zero-order valence-corrected chi connectivity index (χ0v) is 17.0. The number of para-hydroxylation sites is 1. The van der Waals surface area contributed by atoms with E-state index in [2.05, 4.69) is 66.7 Å². The summed E-state index contributed by atoms with van der Waals surface area (Å²) in [6.07, 6.45) is 12.4. The third kappa shape index (κ3) is 3.44. The molecular weight excluding hydrogens is 360 g/mol. The van der Waals surface area contributed by atoms with Gasteiger partial charge in [0, 0.05) is 21.9 Å². The molecule has 0 radical (unpaired) electrons. The van der Waals surface area contributed by atoms with E-state index >= 15 is 0 Å². The number of hydrogen-bond acceptors (Lipinski definition) is 3. The first-order chi connectivity index (χ1) is 13.8. The van der Waals surface area contributed by atoms with Crippen molar-refractivity contribution in [2.45, 2.75) is 54.4 Å². The highest BCUT2D eigenvalue weighted by molar-refractivity contribution is 7.99. The van der Waals surface area contributed by atoms with E-state index in [1.165, 1.54) is 70.8 Å². The van der Waals surface area contributed by atoms with Crippen molar-refractivity contribution in [2.75, 3.05) is 5.32 Å². The van der Waals surface area contributed by atoms with E-state index in [0.29, 0.717) is 12.0 Å². The van der Waals surface area contributed by atoms with Crippen molar-refractivity contribution in [3.05, 3.63) is 66.3 Å². The summed E-state index contributed by atoms with van der Waals surface area (Å²) in [4.78, 5) is 7.47. The van der Waals surface area contributed by atoms with E-state index in [9.17, 15) is 0 Å². The summed E-state index contributed by atoms with van der Waals surface area (Å²) in [7, 11) is 0. The molecule has 3 heteroatoms. The van der Waals surface area contributed by atoms with Gasteiger partial charge in [0.25, 0.3) is 0 Å². The van der Waals surface area contributed by atoms with E-state index in [1.54, 1.807) is 0 Å². The first-order valence-electron chi connectivity index (χ1n) is 10.4. The van der Waals surface area contributed by atoms with E-state index in [-0.39, 0.29) is 0 Å². The van der Waals surface area contributed by atoms with E-state index in [0.717, 1.165) is 5.57 Å². The second kappa shape index (κ2) is 7.63. The summed E-state index contributed by atoms with van der Waals surface area (Å²) in [6.45, 7) is 4.43. The first-order valence-corrected chi connectivity index (χ1v) is 11.2. The van der Waals surface area contributed by atoms with E-state index in [1.807, 2.05) is 11.8 Å². The molecule has 3 aliphatic rings. The molecule has 2 atom stereocenters. The molecule has 2 unspecified atom stereocenters. The van der Waals surface area contributed by atoms with Gasteiger partial charge in [-0.15, -0.1) is 0 Å².